The van der Waals surface area contributed by atoms with Crippen molar-refractivity contribution < 1.29 is 8.78 Å². The van der Waals surface area contributed by atoms with Gasteiger partial charge in [0.05, 0.1) is 11.9 Å². The maximum absolute atomic E-state index is 13.0. The second kappa shape index (κ2) is 3.46. The van der Waals surface area contributed by atoms with E-state index in [1.807, 2.05) is 13.8 Å². The van der Waals surface area contributed by atoms with E-state index in [1.165, 1.54) is 16.8 Å². The zero-order valence-corrected chi connectivity index (χ0v) is 8.46. The van der Waals surface area contributed by atoms with Crippen LogP contribution in [0.1, 0.15) is 11.3 Å². The molecule has 2 nitrogen and oxygen atoms in total. The molecular weight excluding hydrogens is 198 g/mol. The Balaban J connectivity index is 2.58. The summed E-state index contributed by atoms with van der Waals surface area (Å²) in [5.41, 5.74) is 2.26. The molecule has 4 heteroatoms. The first-order valence-electron chi connectivity index (χ1n) is 4.55. The number of benzene rings is 1. The minimum Gasteiger partial charge on any atom is -0.238 e. The zero-order valence-electron chi connectivity index (χ0n) is 8.46. The number of aromatic nitrogens is 2. The number of halogens is 2. The van der Waals surface area contributed by atoms with E-state index in [9.17, 15) is 8.78 Å². The summed E-state index contributed by atoms with van der Waals surface area (Å²) in [5.74, 6) is -1.20. The van der Waals surface area contributed by atoms with Crippen molar-refractivity contribution >= 4 is 0 Å². The second-order valence-electron chi connectivity index (χ2n) is 3.45. The van der Waals surface area contributed by atoms with Gasteiger partial charge in [-0.05, 0) is 31.5 Å². The number of hydrogen-bond acceptors (Lipinski definition) is 1. The van der Waals surface area contributed by atoms with Crippen molar-refractivity contribution in [2.75, 3.05) is 0 Å². The zero-order chi connectivity index (χ0) is 11.0. The molecule has 0 fully saturated rings. The van der Waals surface area contributed by atoms with Gasteiger partial charge in [0.1, 0.15) is 11.6 Å². The molecule has 0 radical (unpaired) electrons. The molecule has 1 aromatic carbocycles. The first kappa shape index (κ1) is 9.83. The summed E-state index contributed by atoms with van der Waals surface area (Å²) in [7, 11) is 0. The van der Waals surface area contributed by atoms with Crippen molar-refractivity contribution in [1.82, 2.24) is 9.78 Å². The summed E-state index contributed by atoms with van der Waals surface area (Å²) in [6, 6.07) is 3.35. The quantitative estimate of drug-likeness (QED) is 0.704. The fourth-order valence-corrected chi connectivity index (χ4v) is 1.41. The van der Waals surface area contributed by atoms with Crippen LogP contribution in [0, 0.1) is 25.5 Å². The lowest BCUT2D eigenvalue weighted by atomic mass is 10.2. The molecule has 0 amide bonds. The fourth-order valence-electron chi connectivity index (χ4n) is 1.41. The van der Waals surface area contributed by atoms with Crippen LogP contribution >= 0.6 is 0 Å². The molecule has 0 N–H and O–H groups in total. The Morgan fingerprint density at radius 2 is 1.67 bits per heavy atom. The molecule has 1 heterocycles. The first-order chi connectivity index (χ1) is 7.08. The van der Waals surface area contributed by atoms with Crippen LogP contribution < -0.4 is 0 Å². The molecule has 0 aliphatic rings. The first-order valence-corrected chi connectivity index (χ1v) is 4.55. The van der Waals surface area contributed by atoms with Crippen LogP contribution in [0.4, 0.5) is 8.78 Å². The van der Waals surface area contributed by atoms with E-state index in [0.29, 0.717) is 5.69 Å². The molecule has 0 saturated carbocycles. The van der Waals surface area contributed by atoms with Crippen LogP contribution in [0.3, 0.4) is 0 Å². The molecule has 15 heavy (non-hydrogen) atoms. The van der Waals surface area contributed by atoms with Gasteiger partial charge in [-0.1, -0.05) is 0 Å². The molecule has 0 aliphatic heterocycles. The third kappa shape index (κ3) is 1.75. The Morgan fingerprint density at radius 1 is 1.07 bits per heavy atom. The number of aryl methyl sites for hydroxylation is 1. The van der Waals surface area contributed by atoms with Crippen molar-refractivity contribution in [3.8, 4) is 5.69 Å². The summed E-state index contributed by atoms with van der Waals surface area (Å²) >= 11 is 0. The third-order valence-corrected chi connectivity index (χ3v) is 2.35. The molecule has 0 saturated heterocycles. The number of rotatable bonds is 1. The van der Waals surface area contributed by atoms with Crippen LogP contribution in [0.5, 0.6) is 0 Å². The fraction of sp³-hybridized carbons (Fsp3) is 0.182. The maximum atomic E-state index is 13.0. The average Bonchev–Trinajstić information content (AvgIpc) is 2.46. The van der Waals surface area contributed by atoms with E-state index < -0.39 is 11.6 Å². The predicted octanol–water partition coefficient (Wildman–Crippen LogP) is 2.77. The molecule has 0 unspecified atom stereocenters. The van der Waals surface area contributed by atoms with Gasteiger partial charge in [0.2, 0.25) is 0 Å². The smallest absolute Gasteiger partial charge is 0.128 e. The van der Waals surface area contributed by atoms with E-state index in [4.69, 9.17) is 0 Å². The summed E-state index contributed by atoms with van der Waals surface area (Å²) in [4.78, 5) is 0. The predicted molar refractivity (Wildman–Crippen MR) is 53.0 cm³/mol. The lowest BCUT2D eigenvalue weighted by Crippen LogP contribution is -2.00. The van der Waals surface area contributed by atoms with Gasteiger partial charge in [0, 0.05) is 11.8 Å². The highest BCUT2D eigenvalue weighted by Gasteiger charge is 2.07. The standard InChI is InChI=1S/C11H10F2N2/c1-7-6-14-15(8(7)2)11-4-9(12)3-10(13)5-11/h3-6H,1-2H3. The molecule has 0 bridgehead atoms. The second-order valence-corrected chi connectivity index (χ2v) is 3.45. The highest BCUT2D eigenvalue weighted by Crippen LogP contribution is 2.15. The third-order valence-electron chi connectivity index (χ3n) is 2.35. The lowest BCUT2D eigenvalue weighted by Gasteiger charge is -2.04. The van der Waals surface area contributed by atoms with Crippen molar-refractivity contribution in [1.29, 1.82) is 0 Å². The Morgan fingerprint density at radius 3 is 2.13 bits per heavy atom. The van der Waals surface area contributed by atoms with Crippen molar-refractivity contribution in [2.45, 2.75) is 13.8 Å². The largest absolute Gasteiger partial charge is 0.238 e. The molecule has 2 rings (SSSR count). The Hall–Kier alpha value is -1.71. The van der Waals surface area contributed by atoms with Crippen LogP contribution in [-0.2, 0) is 0 Å². The summed E-state index contributed by atoms with van der Waals surface area (Å²) in [5, 5.41) is 4.05. The Labute approximate surface area is 86.2 Å². The van der Waals surface area contributed by atoms with Gasteiger partial charge in [0.25, 0.3) is 0 Å². The Kier molecular flexibility index (Phi) is 2.26. The van der Waals surface area contributed by atoms with Crippen molar-refractivity contribution in [2.24, 2.45) is 0 Å². The van der Waals surface area contributed by atoms with Gasteiger partial charge in [0.15, 0.2) is 0 Å². The van der Waals surface area contributed by atoms with Crippen LogP contribution in [0.15, 0.2) is 24.4 Å². The maximum Gasteiger partial charge on any atom is 0.128 e. The van der Waals surface area contributed by atoms with Crippen LogP contribution in [-0.4, -0.2) is 9.78 Å². The van der Waals surface area contributed by atoms with E-state index >= 15 is 0 Å². The van der Waals surface area contributed by atoms with Gasteiger partial charge in [-0.25, -0.2) is 13.5 Å². The number of hydrogen-bond donors (Lipinski definition) is 0. The van der Waals surface area contributed by atoms with Gasteiger partial charge < -0.3 is 0 Å². The van der Waals surface area contributed by atoms with E-state index in [1.54, 1.807) is 6.20 Å². The van der Waals surface area contributed by atoms with Gasteiger partial charge >= 0.3 is 0 Å². The van der Waals surface area contributed by atoms with Crippen molar-refractivity contribution in [3.05, 3.63) is 47.3 Å². The molecule has 78 valence electrons. The highest BCUT2D eigenvalue weighted by molar-refractivity contribution is 5.35. The van der Waals surface area contributed by atoms with E-state index in [-0.39, 0.29) is 0 Å². The molecule has 0 spiro atoms. The minimum absolute atomic E-state index is 0.401. The van der Waals surface area contributed by atoms with Crippen LogP contribution in [0.25, 0.3) is 5.69 Å². The lowest BCUT2D eigenvalue weighted by molar-refractivity contribution is 0.579. The minimum atomic E-state index is -0.599. The Bertz CT molecular complexity index is 483. The highest BCUT2D eigenvalue weighted by atomic mass is 19.1. The van der Waals surface area contributed by atoms with E-state index in [2.05, 4.69) is 5.10 Å². The molecule has 0 aliphatic carbocycles. The molecule has 1 aromatic heterocycles. The van der Waals surface area contributed by atoms with Crippen molar-refractivity contribution in [3.63, 3.8) is 0 Å². The summed E-state index contributed by atoms with van der Waals surface area (Å²) < 4.78 is 27.5. The van der Waals surface area contributed by atoms with E-state index in [0.717, 1.165) is 17.3 Å². The topological polar surface area (TPSA) is 17.8 Å². The summed E-state index contributed by atoms with van der Waals surface area (Å²) in [6.07, 6.45) is 1.66. The summed E-state index contributed by atoms with van der Waals surface area (Å²) in [6.45, 7) is 3.75. The monoisotopic (exact) mass is 208 g/mol. The molecular formula is C11H10F2N2. The average molecular weight is 208 g/mol. The van der Waals surface area contributed by atoms with Crippen LogP contribution in [0.2, 0.25) is 0 Å². The van der Waals surface area contributed by atoms with Gasteiger partial charge in [-0.3, -0.25) is 0 Å². The molecule has 0 atom stereocenters. The van der Waals surface area contributed by atoms with Gasteiger partial charge in [-0.15, -0.1) is 0 Å². The number of nitrogens with zero attached hydrogens (tertiary/aromatic N) is 2. The normalized spacial score (nSPS) is 10.7. The molecule has 2 aromatic rings. The van der Waals surface area contributed by atoms with Gasteiger partial charge in [-0.2, -0.15) is 5.10 Å². The SMILES string of the molecule is Cc1cnn(-c2cc(F)cc(F)c2)c1C.